The zero-order valence-corrected chi connectivity index (χ0v) is 7.21. The van der Waals surface area contributed by atoms with E-state index in [1.54, 1.807) is 0 Å². The van der Waals surface area contributed by atoms with E-state index >= 15 is 0 Å². The number of rotatable bonds is 2. The van der Waals surface area contributed by atoms with Crippen molar-refractivity contribution in [3.8, 4) is 5.88 Å². The van der Waals surface area contributed by atoms with Crippen molar-refractivity contribution < 1.29 is 19.4 Å². The maximum atomic E-state index is 10.6. The Morgan fingerprint density at radius 3 is 3.21 bits per heavy atom. The zero-order valence-electron chi connectivity index (χ0n) is 7.21. The number of carboxylic acid groups (broad SMARTS) is 1. The van der Waals surface area contributed by atoms with Gasteiger partial charge in [0, 0.05) is 19.0 Å². The van der Waals surface area contributed by atoms with E-state index in [0.717, 1.165) is 0 Å². The fraction of sp³-hybridized carbons (Fsp3) is 0.375. The third-order valence-corrected chi connectivity index (χ3v) is 2.01. The van der Waals surface area contributed by atoms with E-state index in [0.29, 0.717) is 25.1 Å². The average molecular weight is 196 g/mol. The number of carbonyl (C=O) groups excluding carboxylic acids is 1. The van der Waals surface area contributed by atoms with Crippen LogP contribution < -0.4 is 4.74 Å². The molecule has 2 heterocycles. The van der Waals surface area contributed by atoms with Crippen molar-refractivity contribution in [1.82, 2.24) is 9.78 Å². The van der Waals surface area contributed by atoms with Crippen molar-refractivity contribution in [2.24, 2.45) is 0 Å². The molecule has 1 atom stereocenters. The molecular formula is C8H8N2O4. The second kappa shape index (κ2) is 3.13. The molecule has 0 amide bonds. The monoisotopic (exact) mass is 196 g/mol. The van der Waals surface area contributed by atoms with Gasteiger partial charge in [0.15, 0.2) is 18.1 Å². The van der Waals surface area contributed by atoms with Crippen LogP contribution in [0.4, 0.5) is 0 Å². The van der Waals surface area contributed by atoms with Gasteiger partial charge in [-0.15, -0.1) is 0 Å². The van der Waals surface area contributed by atoms with Crippen LogP contribution >= 0.6 is 0 Å². The number of aldehydes is 1. The van der Waals surface area contributed by atoms with Crippen LogP contribution in [0.3, 0.4) is 0 Å². The second-order valence-corrected chi connectivity index (χ2v) is 2.98. The topological polar surface area (TPSA) is 81.4 Å². The standard InChI is InChI=1S/C8H8N2O4/c11-4-5-1-2-10-7(14-5)3-6(9-10)8(12)13/h3-5H,1-2H2,(H,12,13). The van der Waals surface area contributed by atoms with Crippen molar-refractivity contribution in [3.63, 3.8) is 0 Å². The number of fused-ring (bicyclic) bond motifs is 1. The van der Waals surface area contributed by atoms with Gasteiger partial charge in [-0.05, 0) is 0 Å². The lowest BCUT2D eigenvalue weighted by molar-refractivity contribution is -0.115. The molecule has 0 aromatic carbocycles. The number of hydrogen-bond donors (Lipinski definition) is 1. The highest BCUT2D eigenvalue weighted by Crippen LogP contribution is 2.21. The van der Waals surface area contributed by atoms with Crippen molar-refractivity contribution in [2.75, 3.05) is 0 Å². The smallest absolute Gasteiger partial charge is 0.356 e. The molecule has 14 heavy (non-hydrogen) atoms. The summed E-state index contributed by atoms with van der Waals surface area (Å²) in [7, 11) is 0. The van der Waals surface area contributed by atoms with Gasteiger partial charge in [-0.3, -0.25) is 4.79 Å². The molecule has 0 aliphatic carbocycles. The van der Waals surface area contributed by atoms with Gasteiger partial charge in [0.2, 0.25) is 5.88 Å². The van der Waals surface area contributed by atoms with E-state index in [1.165, 1.54) is 10.7 Å². The zero-order chi connectivity index (χ0) is 10.1. The van der Waals surface area contributed by atoms with Crippen molar-refractivity contribution in [3.05, 3.63) is 11.8 Å². The Bertz CT molecular complexity index is 385. The molecule has 6 heteroatoms. The minimum absolute atomic E-state index is 0.0634. The molecule has 1 aliphatic rings. The Morgan fingerprint density at radius 2 is 2.57 bits per heavy atom. The summed E-state index contributed by atoms with van der Waals surface area (Å²) in [6, 6.07) is 1.32. The van der Waals surface area contributed by atoms with Crippen LogP contribution in [0.5, 0.6) is 5.88 Å². The van der Waals surface area contributed by atoms with Gasteiger partial charge >= 0.3 is 5.97 Å². The third-order valence-electron chi connectivity index (χ3n) is 2.01. The van der Waals surface area contributed by atoms with E-state index in [2.05, 4.69) is 5.10 Å². The van der Waals surface area contributed by atoms with Crippen LogP contribution in [-0.2, 0) is 11.3 Å². The molecule has 0 spiro atoms. The molecule has 1 unspecified atom stereocenters. The highest BCUT2D eigenvalue weighted by Gasteiger charge is 2.22. The van der Waals surface area contributed by atoms with E-state index < -0.39 is 12.1 Å². The predicted molar refractivity (Wildman–Crippen MR) is 44.3 cm³/mol. The van der Waals surface area contributed by atoms with Crippen molar-refractivity contribution in [2.45, 2.75) is 19.1 Å². The first kappa shape index (κ1) is 8.74. The predicted octanol–water partition coefficient (Wildman–Crippen LogP) is -0.0687. The quantitative estimate of drug-likeness (QED) is 0.669. The van der Waals surface area contributed by atoms with Gasteiger partial charge in [0.05, 0.1) is 0 Å². The highest BCUT2D eigenvalue weighted by atomic mass is 16.5. The van der Waals surface area contributed by atoms with Crippen molar-refractivity contribution in [1.29, 1.82) is 0 Å². The highest BCUT2D eigenvalue weighted by molar-refractivity contribution is 5.85. The van der Waals surface area contributed by atoms with Crippen LogP contribution in [0.25, 0.3) is 0 Å². The van der Waals surface area contributed by atoms with Crippen LogP contribution in [0, 0.1) is 0 Å². The normalized spacial score (nSPS) is 19.6. The number of carboxylic acids is 1. The van der Waals surface area contributed by atoms with E-state index in [9.17, 15) is 9.59 Å². The Kier molecular flexibility index (Phi) is 1.95. The molecule has 0 fully saturated rings. The number of carbonyl (C=O) groups is 2. The Balaban J connectivity index is 2.29. The minimum Gasteiger partial charge on any atom is -0.476 e. The van der Waals surface area contributed by atoms with Crippen LogP contribution in [-0.4, -0.2) is 33.2 Å². The fourth-order valence-corrected chi connectivity index (χ4v) is 1.32. The maximum Gasteiger partial charge on any atom is 0.356 e. The number of hydrogen-bond acceptors (Lipinski definition) is 4. The summed E-state index contributed by atoms with van der Waals surface area (Å²) in [5.41, 5.74) is -0.0634. The van der Waals surface area contributed by atoms with Crippen LogP contribution in [0.1, 0.15) is 16.9 Å². The molecule has 0 bridgehead atoms. The van der Waals surface area contributed by atoms with Gasteiger partial charge in [0.25, 0.3) is 0 Å². The Morgan fingerprint density at radius 1 is 1.79 bits per heavy atom. The second-order valence-electron chi connectivity index (χ2n) is 2.98. The van der Waals surface area contributed by atoms with Gasteiger partial charge in [-0.25, -0.2) is 9.48 Å². The molecule has 74 valence electrons. The molecule has 0 saturated heterocycles. The first-order chi connectivity index (χ1) is 6.70. The molecule has 0 saturated carbocycles. The fourth-order valence-electron chi connectivity index (χ4n) is 1.32. The first-order valence-corrected chi connectivity index (χ1v) is 4.14. The van der Waals surface area contributed by atoms with E-state index in [4.69, 9.17) is 9.84 Å². The van der Waals surface area contributed by atoms with Crippen molar-refractivity contribution >= 4 is 12.3 Å². The number of nitrogens with zero attached hydrogens (tertiary/aromatic N) is 2. The lowest BCUT2D eigenvalue weighted by Gasteiger charge is -2.19. The van der Waals surface area contributed by atoms with Gasteiger partial charge < -0.3 is 9.84 Å². The Labute approximate surface area is 79.1 Å². The summed E-state index contributed by atoms with van der Waals surface area (Å²) in [4.78, 5) is 21.0. The van der Waals surface area contributed by atoms with Gasteiger partial charge in [0.1, 0.15) is 0 Å². The number of aryl methyl sites for hydroxylation is 1. The summed E-state index contributed by atoms with van der Waals surface area (Å²) in [6.07, 6.45) is 0.745. The molecular weight excluding hydrogens is 188 g/mol. The molecule has 1 aromatic rings. The number of aromatic nitrogens is 2. The summed E-state index contributed by atoms with van der Waals surface area (Å²) < 4.78 is 6.63. The molecule has 1 aliphatic heterocycles. The average Bonchev–Trinajstić information content (AvgIpc) is 2.59. The first-order valence-electron chi connectivity index (χ1n) is 4.14. The summed E-state index contributed by atoms with van der Waals surface area (Å²) in [6.45, 7) is 0.506. The van der Waals surface area contributed by atoms with Crippen LogP contribution in [0.2, 0.25) is 0 Å². The number of aromatic carboxylic acids is 1. The third kappa shape index (κ3) is 1.34. The largest absolute Gasteiger partial charge is 0.476 e. The minimum atomic E-state index is -1.10. The van der Waals surface area contributed by atoms with Crippen LogP contribution in [0.15, 0.2) is 6.07 Å². The van der Waals surface area contributed by atoms with E-state index in [-0.39, 0.29) is 5.69 Å². The molecule has 6 nitrogen and oxygen atoms in total. The lowest BCUT2D eigenvalue weighted by Crippen LogP contribution is -2.27. The number of ether oxygens (including phenoxy) is 1. The summed E-state index contributed by atoms with van der Waals surface area (Å²) in [5.74, 6) is -0.760. The van der Waals surface area contributed by atoms with Gasteiger partial charge in [-0.2, -0.15) is 5.10 Å². The SMILES string of the molecule is O=CC1CCn2nc(C(=O)O)cc2O1. The summed E-state index contributed by atoms with van der Waals surface area (Å²) in [5, 5.41) is 12.5. The Hall–Kier alpha value is -1.85. The maximum absolute atomic E-state index is 10.6. The molecule has 1 N–H and O–H groups in total. The molecule has 2 rings (SSSR count). The van der Waals surface area contributed by atoms with Gasteiger partial charge in [-0.1, -0.05) is 0 Å². The van der Waals surface area contributed by atoms with E-state index in [1.807, 2.05) is 0 Å². The summed E-state index contributed by atoms with van der Waals surface area (Å²) >= 11 is 0. The lowest BCUT2D eigenvalue weighted by atomic mass is 10.2. The molecule has 0 radical (unpaired) electrons. The molecule has 1 aromatic heterocycles.